The molecule has 102 valence electrons. The third kappa shape index (κ3) is 2.35. The molecule has 3 rings (SSSR count). The predicted molar refractivity (Wildman–Crippen MR) is 72.6 cm³/mol. The van der Waals surface area contributed by atoms with Gasteiger partial charge in [0.2, 0.25) is 6.79 Å². The number of hydrogen-bond donors (Lipinski definition) is 2. The summed E-state index contributed by atoms with van der Waals surface area (Å²) in [6.45, 7) is 0.794. The molecular weight excluding hydrogens is 258 g/mol. The average molecular weight is 271 g/mol. The van der Waals surface area contributed by atoms with Crippen molar-refractivity contribution in [3.63, 3.8) is 0 Å². The second kappa shape index (κ2) is 5.08. The molecule has 20 heavy (non-hydrogen) atoms. The van der Waals surface area contributed by atoms with Gasteiger partial charge in [-0.1, -0.05) is 12.1 Å². The van der Waals surface area contributed by atoms with E-state index in [1.54, 1.807) is 12.1 Å². The maximum Gasteiger partial charge on any atom is 0.267 e. The molecule has 0 atom stereocenters. The molecule has 0 fully saturated rings. The molecule has 2 heterocycles. The lowest BCUT2D eigenvalue weighted by atomic mass is 10.2. The number of amides is 1. The van der Waals surface area contributed by atoms with Gasteiger partial charge in [0.25, 0.3) is 5.91 Å². The molecule has 1 amide bonds. The fraction of sp³-hybridized carbons (Fsp3) is 0.143. The summed E-state index contributed by atoms with van der Waals surface area (Å²) in [7, 11) is 0. The number of nitrogens with two attached hydrogens (primary N) is 1. The summed E-state index contributed by atoms with van der Waals surface area (Å²) >= 11 is 0. The number of carbonyl (C=O) groups is 1. The number of anilines is 1. The van der Waals surface area contributed by atoms with Crippen molar-refractivity contribution in [2.45, 2.75) is 6.54 Å². The first-order valence-electron chi connectivity index (χ1n) is 6.11. The van der Waals surface area contributed by atoms with E-state index in [-0.39, 0.29) is 12.5 Å². The van der Waals surface area contributed by atoms with Gasteiger partial charge < -0.3 is 20.5 Å². The normalized spacial score (nSPS) is 12.2. The summed E-state index contributed by atoms with van der Waals surface area (Å²) in [6.07, 6.45) is 1.54. The number of nitrogens with one attached hydrogen (secondary N) is 1. The largest absolute Gasteiger partial charge is 0.454 e. The average Bonchev–Trinajstić information content (AvgIpc) is 2.94. The Balaban J connectivity index is 1.76. The summed E-state index contributed by atoms with van der Waals surface area (Å²) in [4.78, 5) is 15.0. The first-order chi connectivity index (χ1) is 9.74. The monoisotopic (exact) mass is 271 g/mol. The highest BCUT2D eigenvalue weighted by atomic mass is 16.7. The van der Waals surface area contributed by atoms with Crippen molar-refractivity contribution in [2.24, 2.45) is 5.73 Å². The number of rotatable bonds is 4. The number of aromatic nitrogens is 1. The van der Waals surface area contributed by atoms with Crippen LogP contribution in [-0.4, -0.2) is 17.7 Å². The zero-order chi connectivity index (χ0) is 13.9. The Kier molecular flexibility index (Phi) is 3.12. The number of para-hydroxylation sites is 1. The molecule has 1 aliphatic rings. The van der Waals surface area contributed by atoms with Crippen molar-refractivity contribution in [2.75, 3.05) is 12.1 Å². The van der Waals surface area contributed by atoms with E-state index in [2.05, 4.69) is 10.3 Å². The van der Waals surface area contributed by atoms with E-state index in [1.807, 2.05) is 18.2 Å². The maximum absolute atomic E-state index is 11.1. The lowest BCUT2D eigenvalue weighted by Gasteiger charge is -2.09. The van der Waals surface area contributed by atoms with Crippen LogP contribution in [0.5, 0.6) is 11.5 Å². The van der Waals surface area contributed by atoms with Crippen molar-refractivity contribution in [3.05, 3.63) is 47.8 Å². The van der Waals surface area contributed by atoms with Gasteiger partial charge in [0.05, 0.1) is 0 Å². The van der Waals surface area contributed by atoms with Crippen LogP contribution in [0.15, 0.2) is 36.5 Å². The molecule has 1 aromatic heterocycles. The van der Waals surface area contributed by atoms with Gasteiger partial charge in [0, 0.05) is 24.0 Å². The Morgan fingerprint density at radius 1 is 1.35 bits per heavy atom. The van der Waals surface area contributed by atoms with Crippen LogP contribution >= 0.6 is 0 Å². The van der Waals surface area contributed by atoms with Gasteiger partial charge in [-0.3, -0.25) is 9.78 Å². The Morgan fingerprint density at radius 3 is 3.10 bits per heavy atom. The minimum Gasteiger partial charge on any atom is -0.454 e. The molecule has 2 aromatic rings. The fourth-order valence-corrected chi connectivity index (χ4v) is 2.00. The quantitative estimate of drug-likeness (QED) is 0.880. The van der Waals surface area contributed by atoms with Crippen LogP contribution in [0.25, 0.3) is 0 Å². The lowest BCUT2D eigenvalue weighted by molar-refractivity contribution is 0.0995. The lowest BCUT2D eigenvalue weighted by Crippen LogP contribution is -2.13. The zero-order valence-electron chi connectivity index (χ0n) is 10.6. The van der Waals surface area contributed by atoms with Crippen molar-refractivity contribution in [3.8, 4) is 11.5 Å². The molecule has 0 bridgehead atoms. The summed E-state index contributed by atoms with van der Waals surface area (Å²) in [5.74, 6) is 0.951. The van der Waals surface area contributed by atoms with E-state index in [0.717, 1.165) is 22.7 Å². The highest BCUT2D eigenvalue weighted by Gasteiger charge is 2.16. The molecule has 0 aliphatic carbocycles. The Bertz CT molecular complexity index is 658. The van der Waals surface area contributed by atoms with Gasteiger partial charge in [0.1, 0.15) is 5.69 Å². The van der Waals surface area contributed by atoms with E-state index in [4.69, 9.17) is 15.2 Å². The molecule has 0 unspecified atom stereocenters. The molecule has 0 spiro atoms. The summed E-state index contributed by atoms with van der Waals surface area (Å²) < 4.78 is 10.8. The van der Waals surface area contributed by atoms with Crippen LogP contribution in [0.1, 0.15) is 16.1 Å². The van der Waals surface area contributed by atoms with Crippen molar-refractivity contribution in [1.82, 2.24) is 4.98 Å². The molecule has 0 saturated heterocycles. The van der Waals surface area contributed by atoms with Crippen LogP contribution < -0.4 is 20.5 Å². The van der Waals surface area contributed by atoms with Gasteiger partial charge in [-0.25, -0.2) is 0 Å². The van der Waals surface area contributed by atoms with E-state index in [9.17, 15) is 4.79 Å². The minimum atomic E-state index is -0.550. The Labute approximate surface area is 115 Å². The van der Waals surface area contributed by atoms with Gasteiger partial charge in [-0.15, -0.1) is 0 Å². The SMILES string of the molecule is NC(=O)c1cc(NCc2cccc3c2OCO3)ccn1. The molecule has 0 saturated carbocycles. The highest BCUT2D eigenvalue weighted by Crippen LogP contribution is 2.35. The second-order valence-corrected chi connectivity index (χ2v) is 4.30. The molecule has 1 aromatic carbocycles. The van der Waals surface area contributed by atoms with Crippen LogP contribution in [0, 0.1) is 0 Å². The molecule has 6 nitrogen and oxygen atoms in total. The first kappa shape index (κ1) is 12.3. The highest BCUT2D eigenvalue weighted by molar-refractivity contribution is 5.91. The Hall–Kier alpha value is -2.76. The zero-order valence-corrected chi connectivity index (χ0v) is 10.6. The van der Waals surface area contributed by atoms with Gasteiger partial charge in [0.15, 0.2) is 11.5 Å². The number of ether oxygens (including phenoxy) is 2. The molecule has 1 aliphatic heterocycles. The molecule has 6 heteroatoms. The van der Waals surface area contributed by atoms with Gasteiger partial charge in [-0.05, 0) is 18.2 Å². The van der Waals surface area contributed by atoms with E-state index in [1.165, 1.54) is 6.20 Å². The topological polar surface area (TPSA) is 86.5 Å². The number of primary amides is 1. The van der Waals surface area contributed by atoms with E-state index >= 15 is 0 Å². The van der Waals surface area contributed by atoms with Gasteiger partial charge in [-0.2, -0.15) is 0 Å². The fourth-order valence-electron chi connectivity index (χ4n) is 2.00. The number of hydrogen-bond acceptors (Lipinski definition) is 5. The van der Waals surface area contributed by atoms with Crippen LogP contribution in [0.4, 0.5) is 5.69 Å². The number of nitrogens with zero attached hydrogens (tertiary/aromatic N) is 1. The first-order valence-corrected chi connectivity index (χ1v) is 6.11. The molecular formula is C14H13N3O3. The van der Waals surface area contributed by atoms with Crippen molar-refractivity contribution >= 4 is 11.6 Å². The number of pyridine rings is 1. The standard InChI is InChI=1S/C14H13N3O3/c15-14(18)11-6-10(4-5-16-11)17-7-9-2-1-3-12-13(9)20-8-19-12/h1-6H,7-8H2,(H2,15,18)(H,16,17). The van der Waals surface area contributed by atoms with Gasteiger partial charge >= 0.3 is 0 Å². The number of carbonyl (C=O) groups excluding carboxylic acids is 1. The van der Waals surface area contributed by atoms with Crippen molar-refractivity contribution in [1.29, 1.82) is 0 Å². The Morgan fingerprint density at radius 2 is 2.25 bits per heavy atom. The number of benzene rings is 1. The number of fused-ring (bicyclic) bond motifs is 1. The maximum atomic E-state index is 11.1. The predicted octanol–water partition coefficient (Wildman–Crippen LogP) is 1.52. The smallest absolute Gasteiger partial charge is 0.267 e. The van der Waals surface area contributed by atoms with Crippen LogP contribution in [-0.2, 0) is 6.54 Å². The third-order valence-corrected chi connectivity index (χ3v) is 2.97. The van der Waals surface area contributed by atoms with E-state index in [0.29, 0.717) is 6.54 Å². The second-order valence-electron chi connectivity index (χ2n) is 4.30. The third-order valence-electron chi connectivity index (χ3n) is 2.97. The summed E-state index contributed by atoms with van der Waals surface area (Å²) in [6, 6.07) is 9.11. The summed E-state index contributed by atoms with van der Waals surface area (Å²) in [5.41, 5.74) is 7.18. The van der Waals surface area contributed by atoms with Crippen LogP contribution in [0.3, 0.4) is 0 Å². The van der Waals surface area contributed by atoms with Crippen molar-refractivity contribution < 1.29 is 14.3 Å². The molecule has 3 N–H and O–H groups in total. The minimum absolute atomic E-state index is 0.230. The van der Waals surface area contributed by atoms with Crippen LogP contribution in [0.2, 0.25) is 0 Å². The molecule has 0 radical (unpaired) electrons. The summed E-state index contributed by atoms with van der Waals surface area (Å²) in [5, 5.41) is 3.20. The van der Waals surface area contributed by atoms with E-state index < -0.39 is 5.91 Å².